The van der Waals surface area contributed by atoms with Gasteiger partial charge in [-0.1, -0.05) is 19.2 Å². The van der Waals surface area contributed by atoms with Crippen molar-refractivity contribution in [1.29, 1.82) is 0 Å². The van der Waals surface area contributed by atoms with Crippen molar-refractivity contribution in [2.45, 2.75) is 39.2 Å². The van der Waals surface area contributed by atoms with Gasteiger partial charge in [0.15, 0.2) is 0 Å². The molecule has 0 aromatic heterocycles. The molecule has 0 aromatic rings. The van der Waals surface area contributed by atoms with Crippen LogP contribution in [0.2, 0.25) is 0 Å². The van der Waals surface area contributed by atoms with Crippen LogP contribution < -0.4 is 5.32 Å². The molecule has 0 spiro atoms. The Bertz CT molecular complexity index is 294. The van der Waals surface area contributed by atoms with Crippen LogP contribution in [0.25, 0.3) is 0 Å². The Morgan fingerprint density at radius 2 is 2.19 bits per heavy atom. The highest BCUT2D eigenvalue weighted by molar-refractivity contribution is 5.17. The summed E-state index contributed by atoms with van der Waals surface area (Å²) in [5.41, 5.74) is 2.33. The molecule has 90 valence electrons. The lowest BCUT2D eigenvalue weighted by Gasteiger charge is -2.29. The van der Waals surface area contributed by atoms with Crippen molar-refractivity contribution >= 4 is 0 Å². The smallest absolute Gasteiger partial charge is 0.0290 e. The van der Waals surface area contributed by atoms with Crippen LogP contribution in [0.1, 0.15) is 33.6 Å². The third-order valence-electron chi connectivity index (χ3n) is 2.52. The van der Waals surface area contributed by atoms with Crippen molar-refractivity contribution in [2.24, 2.45) is 0 Å². The van der Waals surface area contributed by atoms with Gasteiger partial charge in [0.25, 0.3) is 0 Å². The topological polar surface area (TPSA) is 15.3 Å². The van der Waals surface area contributed by atoms with Gasteiger partial charge in [-0.2, -0.15) is 0 Å². The van der Waals surface area contributed by atoms with Crippen LogP contribution in [0.5, 0.6) is 0 Å². The second kappa shape index (κ2) is 5.24. The van der Waals surface area contributed by atoms with Crippen LogP contribution in [0.15, 0.2) is 36.7 Å². The lowest BCUT2D eigenvalue weighted by molar-refractivity contribution is 0.349. The summed E-state index contributed by atoms with van der Waals surface area (Å²) < 4.78 is 0. The molecule has 2 heteroatoms. The van der Waals surface area contributed by atoms with Crippen molar-refractivity contribution in [3.63, 3.8) is 0 Å². The number of hydrogen-bond donors (Lipinski definition) is 1. The molecule has 16 heavy (non-hydrogen) atoms. The molecule has 0 atom stereocenters. The molecular weight excluding hydrogens is 196 g/mol. The van der Waals surface area contributed by atoms with Crippen molar-refractivity contribution in [3.05, 3.63) is 36.7 Å². The van der Waals surface area contributed by atoms with E-state index in [2.05, 4.69) is 56.3 Å². The van der Waals surface area contributed by atoms with Crippen molar-refractivity contribution in [2.75, 3.05) is 13.1 Å². The van der Waals surface area contributed by atoms with E-state index < -0.39 is 0 Å². The minimum Gasteiger partial charge on any atom is -0.384 e. The predicted molar refractivity (Wildman–Crippen MR) is 71.1 cm³/mol. The summed E-state index contributed by atoms with van der Waals surface area (Å²) in [5.74, 6) is 0. The molecular formula is C14H24N2. The first-order valence-corrected chi connectivity index (χ1v) is 5.95. The highest BCUT2D eigenvalue weighted by Gasteiger charge is 2.12. The minimum absolute atomic E-state index is 0.107. The Morgan fingerprint density at radius 1 is 1.50 bits per heavy atom. The number of rotatable bonds is 4. The maximum Gasteiger partial charge on any atom is 0.0290 e. The molecule has 0 aliphatic carbocycles. The summed E-state index contributed by atoms with van der Waals surface area (Å²) in [6, 6.07) is 0. The van der Waals surface area contributed by atoms with Gasteiger partial charge in [0, 0.05) is 36.4 Å². The van der Waals surface area contributed by atoms with Crippen LogP contribution in [-0.2, 0) is 0 Å². The zero-order valence-electron chi connectivity index (χ0n) is 10.8. The van der Waals surface area contributed by atoms with E-state index in [1.807, 2.05) is 0 Å². The highest BCUT2D eigenvalue weighted by Crippen LogP contribution is 2.13. The second-order valence-electron chi connectivity index (χ2n) is 5.40. The van der Waals surface area contributed by atoms with Gasteiger partial charge in [-0.25, -0.2) is 0 Å². The van der Waals surface area contributed by atoms with E-state index in [0.29, 0.717) is 0 Å². The van der Waals surface area contributed by atoms with Gasteiger partial charge < -0.3 is 10.2 Å². The maximum absolute atomic E-state index is 4.06. The fourth-order valence-corrected chi connectivity index (χ4v) is 1.82. The number of allylic oxidation sites excluding steroid dienone is 1. The fraction of sp³-hybridized carbons (Fsp3) is 0.571. The normalized spacial score (nSPS) is 16.4. The van der Waals surface area contributed by atoms with Crippen LogP contribution in [0, 0.1) is 0 Å². The molecule has 1 rings (SSSR count). The van der Waals surface area contributed by atoms with E-state index in [1.165, 1.54) is 0 Å². The van der Waals surface area contributed by atoms with Crippen LogP contribution in [-0.4, -0.2) is 23.5 Å². The van der Waals surface area contributed by atoms with Crippen LogP contribution in [0.4, 0.5) is 0 Å². The van der Waals surface area contributed by atoms with Gasteiger partial charge in [0.1, 0.15) is 0 Å². The average Bonchev–Trinajstić information content (AvgIpc) is 2.14. The Kier molecular flexibility index (Phi) is 4.22. The molecule has 0 fully saturated rings. The van der Waals surface area contributed by atoms with Gasteiger partial charge in [-0.15, -0.1) is 0 Å². The maximum atomic E-state index is 4.06. The molecule has 2 nitrogen and oxygen atoms in total. The van der Waals surface area contributed by atoms with Crippen LogP contribution >= 0.6 is 0 Å². The molecule has 0 unspecified atom stereocenters. The first-order valence-electron chi connectivity index (χ1n) is 5.95. The quantitative estimate of drug-likeness (QED) is 0.783. The molecule has 1 aliphatic heterocycles. The molecule has 1 N–H and O–H groups in total. The Hall–Kier alpha value is -1.18. The third kappa shape index (κ3) is 4.56. The summed E-state index contributed by atoms with van der Waals surface area (Å²) in [5, 5.41) is 3.40. The Balaban J connectivity index is 2.32. The first-order chi connectivity index (χ1) is 7.38. The first kappa shape index (κ1) is 12.9. The van der Waals surface area contributed by atoms with Gasteiger partial charge in [0.2, 0.25) is 0 Å². The van der Waals surface area contributed by atoms with E-state index in [-0.39, 0.29) is 5.54 Å². The molecule has 0 amide bonds. The molecule has 0 bridgehead atoms. The van der Waals surface area contributed by atoms with E-state index in [4.69, 9.17) is 0 Å². The van der Waals surface area contributed by atoms with E-state index in [9.17, 15) is 0 Å². The number of nitrogens with zero attached hydrogens (tertiary/aromatic N) is 1. The number of nitrogens with one attached hydrogen (secondary N) is 1. The highest BCUT2D eigenvalue weighted by atomic mass is 15.1. The zero-order valence-corrected chi connectivity index (χ0v) is 10.8. The SMILES string of the molecule is C=C(CCN1CCC=CC1=C)NC(C)(C)C. The lowest BCUT2D eigenvalue weighted by atomic mass is 10.1. The fourth-order valence-electron chi connectivity index (χ4n) is 1.82. The zero-order chi connectivity index (χ0) is 12.2. The van der Waals surface area contributed by atoms with Gasteiger partial charge in [-0.3, -0.25) is 0 Å². The predicted octanol–water partition coefficient (Wildman–Crippen LogP) is 3.05. The minimum atomic E-state index is 0.107. The Labute approximate surface area is 99.7 Å². The average molecular weight is 220 g/mol. The summed E-state index contributed by atoms with van der Waals surface area (Å²) in [6.45, 7) is 16.6. The molecule has 1 aliphatic rings. The second-order valence-corrected chi connectivity index (χ2v) is 5.40. The molecule has 0 aromatic carbocycles. The van der Waals surface area contributed by atoms with Gasteiger partial charge in [-0.05, 0) is 33.3 Å². The largest absolute Gasteiger partial charge is 0.384 e. The van der Waals surface area contributed by atoms with E-state index >= 15 is 0 Å². The third-order valence-corrected chi connectivity index (χ3v) is 2.52. The summed E-state index contributed by atoms with van der Waals surface area (Å²) in [7, 11) is 0. The van der Waals surface area contributed by atoms with Crippen molar-refractivity contribution in [1.82, 2.24) is 10.2 Å². The summed E-state index contributed by atoms with van der Waals surface area (Å²) >= 11 is 0. The Morgan fingerprint density at radius 3 is 2.75 bits per heavy atom. The lowest BCUT2D eigenvalue weighted by Crippen LogP contribution is -2.36. The molecule has 1 heterocycles. The van der Waals surface area contributed by atoms with Gasteiger partial charge >= 0.3 is 0 Å². The monoisotopic (exact) mass is 220 g/mol. The van der Waals surface area contributed by atoms with Crippen molar-refractivity contribution < 1.29 is 0 Å². The van der Waals surface area contributed by atoms with Crippen LogP contribution in [0.3, 0.4) is 0 Å². The summed E-state index contributed by atoms with van der Waals surface area (Å²) in [6.07, 6.45) is 6.38. The molecule has 0 saturated heterocycles. The standard InChI is InChI=1S/C14H24N2/c1-12(15-14(3,4)5)9-11-16-10-7-6-8-13(16)2/h6,8,15H,1-2,7,9-11H2,3-5H3. The van der Waals surface area contributed by atoms with Gasteiger partial charge in [0.05, 0.1) is 0 Å². The summed E-state index contributed by atoms with van der Waals surface area (Å²) in [4.78, 5) is 2.32. The van der Waals surface area contributed by atoms with E-state index in [0.717, 1.165) is 37.3 Å². The molecule has 0 saturated carbocycles. The van der Waals surface area contributed by atoms with E-state index in [1.54, 1.807) is 0 Å². The molecule has 0 radical (unpaired) electrons. The number of hydrogen-bond acceptors (Lipinski definition) is 2. The van der Waals surface area contributed by atoms with Crippen molar-refractivity contribution in [3.8, 4) is 0 Å².